The molecule has 130 valence electrons. The third kappa shape index (κ3) is 6.72. The zero-order valence-electron chi connectivity index (χ0n) is 14.9. The maximum atomic E-state index is 11.6. The Morgan fingerprint density at radius 3 is 2.13 bits per heavy atom. The van der Waals surface area contributed by atoms with Crippen LogP contribution in [-0.2, 0) is 4.74 Å². The first-order valence-electron chi connectivity index (χ1n) is 7.83. The van der Waals surface area contributed by atoms with Gasteiger partial charge in [0.15, 0.2) is 0 Å². The molecule has 0 aliphatic carbocycles. The van der Waals surface area contributed by atoms with Gasteiger partial charge in [0.25, 0.3) is 0 Å². The molecule has 3 N–H and O–H groups in total. The average Bonchev–Trinajstić information content (AvgIpc) is 2.41. The van der Waals surface area contributed by atoms with Crippen molar-refractivity contribution >= 4 is 19.4 Å². The molecular formula is C17H29NO4Si. The fourth-order valence-electron chi connectivity index (χ4n) is 2.02. The number of aliphatic hydroxyl groups excluding tert-OH is 2. The lowest BCUT2D eigenvalue weighted by molar-refractivity contribution is 0.0129. The summed E-state index contributed by atoms with van der Waals surface area (Å²) in [7, 11) is -1.39. The molecule has 5 nitrogen and oxygen atoms in total. The molecule has 1 rings (SSSR count). The van der Waals surface area contributed by atoms with Gasteiger partial charge in [0.1, 0.15) is 17.8 Å². The summed E-state index contributed by atoms with van der Waals surface area (Å²) in [5.41, 5.74) is 0.0332. The van der Waals surface area contributed by atoms with E-state index in [0.29, 0.717) is 5.56 Å². The van der Waals surface area contributed by atoms with Crippen molar-refractivity contribution in [2.24, 2.45) is 0 Å². The number of ether oxygens (including phenoxy) is 1. The number of benzene rings is 1. The van der Waals surface area contributed by atoms with E-state index in [4.69, 9.17) is 4.74 Å². The Labute approximate surface area is 139 Å². The lowest BCUT2D eigenvalue weighted by atomic mass is 10.0. The van der Waals surface area contributed by atoms with Crippen LogP contribution in [0.2, 0.25) is 19.6 Å². The van der Waals surface area contributed by atoms with Crippen LogP contribution in [-0.4, -0.2) is 42.6 Å². The minimum atomic E-state index is -1.39. The molecule has 0 bridgehead atoms. The molecule has 23 heavy (non-hydrogen) atoms. The van der Waals surface area contributed by atoms with Gasteiger partial charge in [-0.25, -0.2) is 4.79 Å². The molecule has 2 atom stereocenters. The van der Waals surface area contributed by atoms with E-state index in [1.165, 1.54) is 5.19 Å². The van der Waals surface area contributed by atoms with Gasteiger partial charge < -0.3 is 20.3 Å². The number of alkyl carbamates (subject to hydrolysis) is 1. The van der Waals surface area contributed by atoms with Crippen molar-refractivity contribution in [3.63, 3.8) is 0 Å². The molecule has 0 spiro atoms. The molecule has 0 saturated carbocycles. The van der Waals surface area contributed by atoms with Gasteiger partial charge in [0, 0.05) is 6.54 Å². The minimum absolute atomic E-state index is 0.0775. The molecule has 0 fully saturated rings. The zero-order valence-corrected chi connectivity index (χ0v) is 15.9. The van der Waals surface area contributed by atoms with Crippen molar-refractivity contribution in [1.29, 1.82) is 0 Å². The Morgan fingerprint density at radius 1 is 1.17 bits per heavy atom. The first kappa shape index (κ1) is 19.7. The molecule has 2 unspecified atom stereocenters. The van der Waals surface area contributed by atoms with Crippen LogP contribution in [0.25, 0.3) is 0 Å². The topological polar surface area (TPSA) is 78.8 Å². The molecule has 0 saturated heterocycles. The first-order valence-corrected chi connectivity index (χ1v) is 11.3. The number of hydrogen-bond donors (Lipinski definition) is 3. The molecule has 1 aromatic carbocycles. The van der Waals surface area contributed by atoms with Crippen LogP contribution >= 0.6 is 0 Å². The van der Waals surface area contributed by atoms with Crippen LogP contribution in [0.15, 0.2) is 24.3 Å². The number of aliphatic hydroxyl groups is 2. The minimum Gasteiger partial charge on any atom is -0.444 e. The molecule has 0 aromatic heterocycles. The smallest absolute Gasteiger partial charge is 0.407 e. The van der Waals surface area contributed by atoms with Gasteiger partial charge in [-0.15, -0.1) is 0 Å². The standard InChI is InChI=1S/C17H29NO4Si/c1-17(2,3)22-16(21)18-11-14(19)15(20)12-7-9-13(10-8-12)23(4,5)6/h7-10,14-15,19-20H,11H2,1-6H3,(H,18,21). The maximum Gasteiger partial charge on any atom is 0.407 e. The highest BCUT2D eigenvalue weighted by atomic mass is 28.3. The van der Waals surface area contributed by atoms with Crippen LogP contribution in [0, 0.1) is 0 Å². The van der Waals surface area contributed by atoms with Gasteiger partial charge in [-0.05, 0) is 26.3 Å². The van der Waals surface area contributed by atoms with Crippen LogP contribution in [0.3, 0.4) is 0 Å². The molecule has 0 heterocycles. The summed E-state index contributed by atoms with van der Waals surface area (Å²) >= 11 is 0. The monoisotopic (exact) mass is 339 g/mol. The summed E-state index contributed by atoms with van der Waals surface area (Å²) in [4.78, 5) is 11.6. The third-order valence-corrected chi connectivity index (χ3v) is 5.40. The Balaban J connectivity index is 2.60. The number of carbonyl (C=O) groups is 1. The Hall–Kier alpha value is -1.37. The first-order chi connectivity index (χ1) is 10.4. The quantitative estimate of drug-likeness (QED) is 0.718. The summed E-state index contributed by atoms with van der Waals surface area (Å²) < 4.78 is 5.09. The van der Waals surface area contributed by atoms with Crippen molar-refractivity contribution in [2.75, 3.05) is 6.54 Å². The predicted molar refractivity (Wildman–Crippen MR) is 94.6 cm³/mol. The van der Waals surface area contributed by atoms with E-state index in [1.807, 2.05) is 24.3 Å². The Bertz CT molecular complexity index is 517. The van der Waals surface area contributed by atoms with Gasteiger partial charge in [-0.3, -0.25) is 0 Å². The fourth-order valence-corrected chi connectivity index (χ4v) is 3.18. The summed E-state index contributed by atoms with van der Waals surface area (Å²) in [6, 6.07) is 7.65. The molecule has 6 heteroatoms. The van der Waals surface area contributed by atoms with Gasteiger partial charge >= 0.3 is 6.09 Å². The third-order valence-electron chi connectivity index (χ3n) is 3.34. The lowest BCUT2D eigenvalue weighted by Gasteiger charge is -2.23. The second-order valence-corrected chi connectivity index (χ2v) is 12.8. The fraction of sp³-hybridized carbons (Fsp3) is 0.588. The number of nitrogens with one attached hydrogen (secondary N) is 1. The van der Waals surface area contributed by atoms with E-state index in [9.17, 15) is 15.0 Å². The van der Waals surface area contributed by atoms with Crippen molar-refractivity contribution in [2.45, 2.75) is 58.2 Å². The van der Waals surface area contributed by atoms with Gasteiger partial charge in [-0.2, -0.15) is 0 Å². The largest absolute Gasteiger partial charge is 0.444 e. The summed E-state index contributed by atoms with van der Waals surface area (Å²) in [6.45, 7) is 12.0. The van der Waals surface area contributed by atoms with Crippen LogP contribution in [0.5, 0.6) is 0 Å². The van der Waals surface area contributed by atoms with E-state index in [2.05, 4.69) is 25.0 Å². The normalized spacial score (nSPS) is 15.0. The van der Waals surface area contributed by atoms with Crippen LogP contribution in [0.4, 0.5) is 4.79 Å². The number of carbonyl (C=O) groups excluding carboxylic acids is 1. The highest BCUT2D eigenvalue weighted by Crippen LogP contribution is 2.17. The highest BCUT2D eigenvalue weighted by Gasteiger charge is 2.22. The van der Waals surface area contributed by atoms with E-state index >= 15 is 0 Å². The van der Waals surface area contributed by atoms with Crippen molar-refractivity contribution in [3.05, 3.63) is 29.8 Å². The lowest BCUT2D eigenvalue weighted by Crippen LogP contribution is -2.39. The van der Waals surface area contributed by atoms with E-state index in [1.54, 1.807) is 20.8 Å². The Morgan fingerprint density at radius 2 is 1.70 bits per heavy atom. The van der Waals surface area contributed by atoms with Crippen LogP contribution in [0.1, 0.15) is 32.4 Å². The second kappa shape index (κ2) is 7.46. The average molecular weight is 340 g/mol. The van der Waals surface area contributed by atoms with E-state index in [-0.39, 0.29) is 6.54 Å². The van der Waals surface area contributed by atoms with E-state index in [0.717, 1.165) is 0 Å². The molecular weight excluding hydrogens is 310 g/mol. The van der Waals surface area contributed by atoms with E-state index < -0.39 is 32.0 Å². The zero-order chi connectivity index (χ0) is 17.8. The predicted octanol–water partition coefficient (Wildman–Crippen LogP) is 2.15. The summed E-state index contributed by atoms with van der Waals surface area (Å²) in [6.07, 6.45) is -2.77. The number of hydrogen-bond acceptors (Lipinski definition) is 4. The second-order valence-electron chi connectivity index (χ2n) is 7.77. The van der Waals surface area contributed by atoms with Gasteiger partial charge in [0.2, 0.25) is 0 Å². The van der Waals surface area contributed by atoms with Crippen LogP contribution < -0.4 is 10.5 Å². The molecule has 1 amide bonds. The SMILES string of the molecule is CC(C)(C)OC(=O)NCC(O)C(O)c1ccc([Si](C)(C)C)cc1. The number of amides is 1. The maximum absolute atomic E-state index is 11.6. The Kier molecular flexibility index (Phi) is 6.38. The van der Waals surface area contributed by atoms with Crippen molar-refractivity contribution in [1.82, 2.24) is 5.32 Å². The molecule has 0 radical (unpaired) electrons. The summed E-state index contributed by atoms with van der Waals surface area (Å²) in [5.74, 6) is 0. The van der Waals surface area contributed by atoms with Gasteiger partial charge in [-0.1, -0.05) is 49.1 Å². The summed E-state index contributed by atoms with van der Waals surface area (Å²) in [5, 5.41) is 24.0. The van der Waals surface area contributed by atoms with Crippen molar-refractivity contribution < 1.29 is 19.7 Å². The molecule has 1 aromatic rings. The highest BCUT2D eigenvalue weighted by molar-refractivity contribution is 6.88. The van der Waals surface area contributed by atoms with Crippen molar-refractivity contribution in [3.8, 4) is 0 Å². The molecule has 0 aliphatic heterocycles. The van der Waals surface area contributed by atoms with Gasteiger partial charge in [0.05, 0.1) is 8.07 Å². The number of rotatable bonds is 5. The molecule has 0 aliphatic rings.